The third-order valence-corrected chi connectivity index (χ3v) is 8.44. The fraction of sp³-hybridized carbons (Fsp3) is 0.333. The lowest BCUT2D eigenvalue weighted by molar-refractivity contribution is -0.140. The Balaban J connectivity index is 2.09. The number of carbonyl (C=O) groups is 2. The second-order valence-corrected chi connectivity index (χ2v) is 13.7. The van der Waals surface area contributed by atoms with Crippen molar-refractivity contribution in [3.05, 3.63) is 99.0 Å². The van der Waals surface area contributed by atoms with Gasteiger partial charge in [0.1, 0.15) is 12.6 Å². The maximum atomic E-state index is 14.1. The number of anilines is 1. The predicted molar refractivity (Wildman–Crippen MR) is 165 cm³/mol. The average Bonchev–Trinajstić information content (AvgIpc) is 2.93. The fourth-order valence-electron chi connectivity index (χ4n) is 4.26. The number of sulfonamides is 1. The van der Waals surface area contributed by atoms with Gasteiger partial charge in [-0.1, -0.05) is 83.8 Å². The van der Waals surface area contributed by atoms with Crippen LogP contribution in [0.3, 0.4) is 0 Å². The summed E-state index contributed by atoms with van der Waals surface area (Å²) in [4.78, 5) is 28.9. The van der Waals surface area contributed by atoms with Crippen LogP contribution >= 0.6 is 27.5 Å². The highest BCUT2D eigenvalue weighted by Crippen LogP contribution is 2.37. The summed E-state index contributed by atoms with van der Waals surface area (Å²) >= 11 is 9.12. The van der Waals surface area contributed by atoms with E-state index in [1.807, 2.05) is 19.9 Å². The smallest absolute Gasteiger partial charge is 0.354 e. The third kappa shape index (κ3) is 9.97. The van der Waals surface area contributed by atoms with E-state index in [0.717, 1.165) is 28.4 Å². The minimum absolute atomic E-state index is 0.0647. The Hall–Kier alpha value is -3.09. The number of rotatable bonds is 12. The Labute approximate surface area is 263 Å². The lowest BCUT2D eigenvalue weighted by Crippen LogP contribution is -2.53. The first-order valence-corrected chi connectivity index (χ1v) is 16.3. The molecule has 0 unspecified atom stereocenters. The van der Waals surface area contributed by atoms with Crippen molar-refractivity contribution in [3.8, 4) is 0 Å². The normalized spacial score (nSPS) is 12.6. The number of nitrogens with one attached hydrogen (secondary N) is 1. The molecule has 232 valence electrons. The summed E-state index contributed by atoms with van der Waals surface area (Å²) in [7, 11) is -4.26. The molecule has 0 aliphatic rings. The Morgan fingerprint density at radius 3 is 2.16 bits per heavy atom. The number of nitrogens with zero attached hydrogens (tertiary/aromatic N) is 2. The first-order chi connectivity index (χ1) is 20.1. The van der Waals surface area contributed by atoms with Crippen LogP contribution in [0.5, 0.6) is 0 Å². The van der Waals surface area contributed by atoms with Crippen LogP contribution in [-0.2, 0) is 38.8 Å². The van der Waals surface area contributed by atoms with Crippen LogP contribution in [0.4, 0.5) is 18.9 Å². The van der Waals surface area contributed by atoms with Gasteiger partial charge in [0.25, 0.3) is 0 Å². The lowest BCUT2D eigenvalue weighted by atomic mass is 10.0. The van der Waals surface area contributed by atoms with E-state index >= 15 is 0 Å². The first kappa shape index (κ1) is 34.4. The van der Waals surface area contributed by atoms with Crippen LogP contribution in [0.1, 0.15) is 30.5 Å². The second-order valence-electron chi connectivity index (χ2n) is 10.4. The molecule has 3 rings (SSSR count). The van der Waals surface area contributed by atoms with E-state index in [0.29, 0.717) is 22.5 Å². The van der Waals surface area contributed by atoms with Gasteiger partial charge in [0.2, 0.25) is 21.8 Å². The number of halogens is 5. The zero-order valence-corrected chi connectivity index (χ0v) is 26.9. The Morgan fingerprint density at radius 1 is 0.977 bits per heavy atom. The van der Waals surface area contributed by atoms with E-state index in [1.165, 1.54) is 4.90 Å². The van der Waals surface area contributed by atoms with E-state index in [-0.39, 0.29) is 24.6 Å². The molecule has 3 aromatic carbocycles. The van der Waals surface area contributed by atoms with E-state index in [9.17, 15) is 31.2 Å². The monoisotopic (exact) mass is 701 g/mol. The van der Waals surface area contributed by atoms with E-state index in [1.54, 1.807) is 48.5 Å². The van der Waals surface area contributed by atoms with Crippen LogP contribution in [0.25, 0.3) is 0 Å². The SMILES string of the molecule is CC(C)CNC(=O)[C@@H](Cc1ccccc1)N(Cc1ccc(Br)cc1)C(=O)CN(c1ccc(Cl)c(C(F)(F)F)c1)S(C)(=O)=O. The molecule has 1 N–H and O–H groups in total. The van der Waals surface area contributed by atoms with Crippen LogP contribution in [0.2, 0.25) is 5.02 Å². The van der Waals surface area contributed by atoms with Gasteiger partial charge in [0, 0.05) is 24.0 Å². The molecule has 0 aromatic heterocycles. The highest BCUT2D eigenvalue weighted by Gasteiger charge is 2.36. The molecule has 0 saturated heterocycles. The molecule has 1 atom stereocenters. The topological polar surface area (TPSA) is 86.8 Å². The van der Waals surface area contributed by atoms with Crippen molar-refractivity contribution < 1.29 is 31.2 Å². The number of hydrogen-bond donors (Lipinski definition) is 1. The molecule has 0 aliphatic heterocycles. The van der Waals surface area contributed by atoms with Crippen molar-refractivity contribution in [2.24, 2.45) is 5.92 Å². The van der Waals surface area contributed by atoms with Crippen molar-refractivity contribution in [1.82, 2.24) is 10.2 Å². The molecule has 0 heterocycles. The molecule has 0 radical (unpaired) electrons. The number of amides is 2. The predicted octanol–water partition coefficient (Wildman–Crippen LogP) is 6.30. The molecule has 0 fully saturated rings. The van der Waals surface area contributed by atoms with Crippen molar-refractivity contribution in [1.29, 1.82) is 0 Å². The van der Waals surface area contributed by atoms with Gasteiger partial charge >= 0.3 is 6.18 Å². The summed E-state index contributed by atoms with van der Waals surface area (Å²) < 4.78 is 67.9. The van der Waals surface area contributed by atoms with E-state index in [4.69, 9.17) is 11.6 Å². The Bertz CT molecular complexity index is 1520. The fourth-order valence-corrected chi connectivity index (χ4v) is 5.59. The van der Waals surface area contributed by atoms with E-state index in [2.05, 4.69) is 21.2 Å². The molecule has 0 aliphatic carbocycles. The van der Waals surface area contributed by atoms with Crippen LogP contribution in [0, 0.1) is 5.92 Å². The molecule has 2 amide bonds. The quantitative estimate of drug-likeness (QED) is 0.240. The van der Waals surface area contributed by atoms with Crippen molar-refractivity contribution in [2.75, 3.05) is 23.7 Å². The maximum Gasteiger partial charge on any atom is 0.417 e. The van der Waals surface area contributed by atoms with Gasteiger partial charge in [-0.2, -0.15) is 13.2 Å². The van der Waals surface area contributed by atoms with Crippen LogP contribution < -0.4 is 9.62 Å². The van der Waals surface area contributed by atoms with E-state index < -0.39 is 51.2 Å². The third-order valence-electron chi connectivity index (χ3n) is 6.44. The van der Waals surface area contributed by atoms with Crippen molar-refractivity contribution in [2.45, 2.75) is 39.0 Å². The second kappa shape index (κ2) is 14.6. The molecule has 13 heteroatoms. The molecular weight excluding hydrogens is 671 g/mol. The zero-order valence-electron chi connectivity index (χ0n) is 23.7. The Morgan fingerprint density at radius 2 is 1.60 bits per heavy atom. The maximum absolute atomic E-state index is 14.1. The minimum atomic E-state index is -4.86. The standard InChI is InChI=1S/C30H32BrClF3N3O4S/c1-20(2)17-36-29(40)27(15-21-7-5-4-6-8-21)37(18-22-9-11-23(31)12-10-22)28(39)19-38(43(3,41)42)24-13-14-26(32)25(16-24)30(33,34)35/h4-14,16,20,27H,15,17-19H2,1-3H3,(H,36,40)/t27-/m1/s1. The van der Waals surface area contributed by atoms with Crippen LogP contribution in [0.15, 0.2) is 77.3 Å². The van der Waals surface area contributed by atoms with Gasteiger partial charge in [-0.05, 0) is 47.4 Å². The van der Waals surface area contributed by atoms with Gasteiger partial charge in [0.15, 0.2) is 0 Å². The number of alkyl halides is 3. The highest BCUT2D eigenvalue weighted by atomic mass is 79.9. The van der Waals surface area contributed by atoms with Gasteiger partial charge in [-0.3, -0.25) is 13.9 Å². The molecule has 0 saturated carbocycles. The summed E-state index contributed by atoms with van der Waals surface area (Å²) in [5, 5.41) is 2.25. The largest absolute Gasteiger partial charge is 0.417 e. The van der Waals surface area contributed by atoms with Crippen LogP contribution in [-0.4, -0.2) is 50.5 Å². The highest BCUT2D eigenvalue weighted by molar-refractivity contribution is 9.10. The Kier molecular flexibility index (Phi) is 11.7. The molecule has 7 nitrogen and oxygen atoms in total. The van der Waals surface area contributed by atoms with Gasteiger partial charge in [-0.25, -0.2) is 8.42 Å². The minimum Gasteiger partial charge on any atom is -0.354 e. The molecule has 0 bridgehead atoms. The molecule has 43 heavy (non-hydrogen) atoms. The molecule has 0 spiro atoms. The van der Waals surface area contributed by atoms with Gasteiger partial charge < -0.3 is 10.2 Å². The number of carbonyl (C=O) groups excluding carboxylic acids is 2. The zero-order chi connectivity index (χ0) is 31.9. The lowest BCUT2D eigenvalue weighted by Gasteiger charge is -2.33. The summed E-state index contributed by atoms with van der Waals surface area (Å²) in [6.07, 6.45) is -3.95. The van der Waals surface area contributed by atoms with Gasteiger partial charge in [0.05, 0.1) is 22.5 Å². The van der Waals surface area contributed by atoms with Crippen molar-refractivity contribution >= 4 is 55.1 Å². The van der Waals surface area contributed by atoms with Gasteiger partial charge in [-0.15, -0.1) is 0 Å². The number of hydrogen-bond acceptors (Lipinski definition) is 4. The summed E-state index contributed by atoms with van der Waals surface area (Å²) in [5.41, 5.74) is -0.217. The average molecular weight is 703 g/mol. The summed E-state index contributed by atoms with van der Waals surface area (Å²) in [5.74, 6) is -1.11. The summed E-state index contributed by atoms with van der Waals surface area (Å²) in [6.45, 7) is 3.26. The molecular formula is C30H32BrClF3N3O4S. The first-order valence-electron chi connectivity index (χ1n) is 13.3. The van der Waals surface area contributed by atoms with Crippen molar-refractivity contribution in [3.63, 3.8) is 0 Å². The number of benzene rings is 3. The molecule has 3 aromatic rings. The summed E-state index contributed by atoms with van der Waals surface area (Å²) in [6, 6.07) is 17.6.